The number of hydrogen-bond acceptors (Lipinski definition) is 6. The van der Waals surface area contributed by atoms with Crippen molar-refractivity contribution in [3.05, 3.63) is 0 Å². The molecule has 3 aliphatic carbocycles. The van der Waals surface area contributed by atoms with E-state index in [9.17, 15) is 28.8 Å². The number of carbonyl (C=O) groups excluding carboxylic acids is 6. The Labute approximate surface area is 241 Å². The Bertz CT molecular complexity index is 1030. The van der Waals surface area contributed by atoms with Crippen molar-refractivity contribution >= 4 is 35.2 Å². The number of fused-ring (bicyclic) bond motifs is 1. The maximum Gasteiger partial charge on any atom is 0.198 e. The van der Waals surface area contributed by atoms with Gasteiger partial charge in [0.05, 0.1) is 0 Å². The molecule has 40 heavy (non-hydrogen) atoms. The van der Waals surface area contributed by atoms with Crippen LogP contribution in [0.2, 0.25) is 0 Å². The van der Waals surface area contributed by atoms with Crippen LogP contribution in [0.1, 0.15) is 114 Å². The van der Waals surface area contributed by atoms with Gasteiger partial charge in [0.15, 0.2) is 12.1 Å². The molecule has 0 aromatic carbocycles. The largest absolute Gasteiger partial charge is 0.300 e. The van der Waals surface area contributed by atoms with E-state index >= 15 is 0 Å². The monoisotopic (exact) mass is 556 g/mol. The fourth-order valence-electron chi connectivity index (χ4n) is 7.93. The van der Waals surface area contributed by atoms with E-state index in [0.717, 1.165) is 19.3 Å². The molecule has 0 amide bonds. The lowest BCUT2D eigenvalue weighted by Gasteiger charge is -2.35. The summed E-state index contributed by atoms with van der Waals surface area (Å²) >= 11 is 0. The van der Waals surface area contributed by atoms with Crippen LogP contribution in [-0.2, 0) is 28.8 Å². The fourth-order valence-corrected chi connectivity index (χ4v) is 7.93. The van der Waals surface area contributed by atoms with Crippen LogP contribution in [0.25, 0.3) is 0 Å². The second kappa shape index (κ2) is 11.7. The zero-order valence-corrected chi connectivity index (χ0v) is 26.3. The molecule has 7 unspecified atom stereocenters. The summed E-state index contributed by atoms with van der Waals surface area (Å²) in [5, 5.41) is 0. The molecule has 7 atom stereocenters. The lowest BCUT2D eigenvalue weighted by Crippen LogP contribution is -2.41. The van der Waals surface area contributed by atoms with E-state index in [1.807, 2.05) is 41.5 Å². The maximum atomic E-state index is 14.3. The molecule has 3 saturated carbocycles. The zero-order valence-electron chi connectivity index (χ0n) is 26.3. The van der Waals surface area contributed by atoms with Crippen molar-refractivity contribution in [2.45, 2.75) is 114 Å². The minimum atomic E-state index is -0.604. The summed E-state index contributed by atoms with van der Waals surface area (Å²) in [4.78, 5) is 77.7. The van der Waals surface area contributed by atoms with Crippen molar-refractivity contribution in [2.75, 3.05) is 0 Å². The molecular weight excluding hydrogens is 504 g/mol. The molecule has 0 N–H and O–H groups in total. The van der Waals surface area contributed by atoms with Crippen molar-refractivity contribution in [3.63, 3.8) is 0 Å². The molecule has 3 aliphatic rings. The van der Waals surface area contributed by atoms with E-state index in [0.29, 0.717) is 25.0 Å². The normalized spacial score (nSPS) is 28.0. The molecule has 6 heteroatoms. The Morgan fingerprint density at radius 2 is 1.43 bits per heavy atom. The third-order valence-corrected chi connectivity index (χ3v) is 10.8. The molecular formula is C34H52O6. The third-order valence-electron chi connectivity index (χ3n) is 10.8. The Morgan fingerprint density at radius 1 is 0.875 bits per heavy atom. The topological polar surface area (TPSA) is 102 Å². The fraction of sp³-hybridized carbons (Fsp3) is 0.824. The smallest absolute Gasteiger partial charge is 0.198 e. The standard InChI is InChI=1S/C34H52O6/c1-19(36)24(32(2,3)4)15-22(37)16-26(33(5,6)7)31(40)23-17-25-30(34(25,8)9)29(23)27(38)14-21(28(39)18-35)13-20-11-10-12-20/h18,20-21,23-26,29-30H,10-17H2,1-9H3. The van der Waals surface area contributed by atoms with Gasteiger partial charge >= 0.3 is 0 Å². The summed E-state index contributed by atoms with van der Waals surface area (Å²) in [7, 11) is 0. The van der Waals surface area contributed by atoms with E-state index in [1.54, 1.807) is 0 Å². The molecule has 0 spiro atoms. The van der Waals surface area contributed by atoms with Gasteiger partial charge in [0.1, 0.15) is 23.1 Å². The van der Waals surface area contributed by atoms with E-state index in [4.69, 9.17) is 0 Å². The van der Waals surface area contributed by atoms with Crippen LogP contribution >= 0.6 is 0 Å². The third kappa shape index (κ3) is 6.90. The SMILES string of the molecule is CC(=O)C(CC(=O)CC(C(=O)C1CC2C(C1C(=O)CC(CC1CCC1)C(=O)C=O)C2(C)C)C(C)(C)C)C(C)(C)C. The second-order valence-corrected chi connectivity index (χ2v) is 16.0. The van der Waals surface area contributed by atoms with E-state index in [2.05, 4.69) is 13.8 Å². The van der Waals surface area contributed by atoms with Gasteiger partial charge in [-0.3, -0.25) is 28.8 Å². The number of ketones is 5. The molecule has 0 aromatic rings. The van der Waals surface area contributed by atoms with Gasteiger partial charge < -0.3 is 0 Å². The van der Waals surface area contributed by atoms with Gasteiger partial charge in [0, 0.05) is 48.9 Å². The molecule has 0 aliphatic heterocycles. The molecule has 3 fully saturated rings. The molecule has 0 bridgehead atoms. The van der Waals surface area contributed by atoms with Crippen molar-refractivity contribution in [2.24, 2.45) is 63.6 Å². The van der Waals surface area contributed by atoms with Crippen molar-refractivity contribution in [1.29, 1.82) is 0 Å². The molecule has 0 saturated heterocycles. The summed E-state index contributed by atoms with van der Waals surface area (Å²) in [5.41, 5.74) is -0.881. The summed E-state index contributed by atoms with van der Waals surface area (Å²) in [6.07, 6.45) is 4.91. The van der Waals surface area contributed by atoms with Gasteiger partial charge in [0.2, 0.25) is 0 Å². The lowest BCUT2D eigenvalue weighted by molar-refractivity contribution is -0.141. The highest BCUT2D eigenvalue weighted by molar-refractivity contribution is 6.26. The minimum absolute atomic E-state index is 0.0206. The van der Waals surface area contributed by atoms with Gasteiger partial charge in [-0.25, -0.2) is 0 Å². The molecule has 0 radical (unpaired) electrons. The van der Waals surface area contributed by atoms with Crippen LogP contribution in [0.4, 0.5) is 0 Å². The zero-order chi connectivity index (χ0) is 30.4. The van der Waals surface area contributed by atoms with Crippen LogP contribution < -0.4 is 0 Å². The number of rotatable bonds is 14. The molecule has 224 valence electrons. The highest BCUT2D eigenvalue weighted by Crippen LogP contribution is 2.71. The predicted molar refractivity (Wildman–Crippen MR) is 154 cm³/mol. The van der Waals surface area contributed by atoms with Crippen LogP contribution in [0.3, 0.4) is 0 Å². The first kappa shape index (κ1) is 32.5. The number of hydrogen-bond donors (Lipinski definition) is 0. The van der Waals surface area contributed by atoms with Crippen LogP contribution in [0.15, 0.2) is 0 Å². The Morgan fingerprint density at radius 3 is 1.88 bits per heavy atom. The average Bonchev–Trinajstić information content (AvgIpc) is 3.13. The predicted octanol–water partition coefficient (Wildman–Crippen LogP) is 6.26. The molecule has 3 rings (SSSR count). The summed E-state index contributed by atoms with van der Waals surface area (Å²) in [6, 6.07) is 0. The highest BCUT2D eigenvalue weighted by Gasteiger charge is 2.69. The van der Waals surface area contributed by atoms with Gasteiger partial charge in [-0.1, -0.05) is 74.7 Å². The van der Waals surface area contributed by atoms with Crippen LogP contribution in [0, 0.1) is 63.6 Å². The summed E-state index contributed by atoms with van der Waals surface area (Å²) in [6.45, 7) is 17.6. The molecule has 0 heterocycles. The van der Waals surface area contributed by atoms with Gasteiger partial charge in [0.25, 0.3) is 0 Å². The highest BCUT2D eigenvalue weighted by atomic mass is 16.2. The molecule has 6 nitrogen and oxygen atoms in total. The second-order valence-electron chi connectivity index (χ2n) is 16.0. The first-order valence-corrected chi connectivity index (χ1v) is 15.4. The van der Waals surface area contributed by atoms with Gasteiger partial charge in [-0.15, -0.1) is 0 Å². The minimum Gasteiger partial charge on any atom is -0.300 e. The van der Waals surface area contributed by atoms with Crippen LogP contribution in [-0.4, -0.2) is 35.2 Å². The quantitative estimate of drug-likeness (QED) is 0.185. The average molecular weight is 557 g/mol. The van der Waals surface area contributed by atoms with E-state index < -0.39 is 40.8 Å². The summed E-state index contributed by atoms with van der Waals surface area (Å²) in [5.74, 6) is -2.52. The Balaban J connectivity index is 1.82. The lowest BCUT2D eigenvalue weighted by atomic mass is 9.66. The van der Waals surface area contributed by atoms with Crippen molar-refractivity contribution in [1.82, 2.24) is 0 Å². The van der Waals surface area contributed by atoms with Crippen molar-refractivity contribution < 1.29 is 28.8 Å². The maximum absolute atomic E-state index is 14.3. The number of carbonyl (C=O) groups is 6. The number of aldehydes is 1. The Hall–Kier alpha value is -1.98. The first-order chi connectivity index (χ1) is 18.3. The van der Waals surface area contributed by atoms with Gasteiger partial charge in [-0.2, -0.15) is 0 Å². The molecule has 0 aromatic heterocycles. The summed E-state index contributed by atoms with van der Waals surface area (Å²) < 4.78 is 0. The first-order valence-electron chi connectivity index (χ1n) is 15.4. The number of Topliss-reactive ketones (excluding diaryl/α,β-unsaturated/α-hetero) is 5. The van der Waals surface area contributed by atoms with Crippen LogP contribution in [0.5, 0.6) is 0 Å². The van der Waals surface area contributed by atoms with Gasteiger partial charge in [-0.05, 0) is 53.8 Å². The Kier molecular flexibility index (Phi) is 9.53. The van der Waals surface area contributed by atoms with Crippen molar-refractivity contribution in [3.8, 4) is 0 Å². The van der Waals surface area contributed by atoms with E-state index in [1.165, 1.54) is 6.92 Å². The van der Waals surface area contributed by atoms with E-state index in [-0.39, 0.29) is 65.1 Å².